The first kappa shape index (κ1) is 12.7. The molecule has 16 heavy (non-hydrogen) atoms. The van der Waals surface area contributed by atoms with Gasteiger partial charge >= 0.3 is 5.97 Å². The second-order valence-corrected chi connectivity index (χ2v) is 4.26. The predicted octanol–water partition coefficient (Wildman–Crippen LogP) is 3.13. The van der Waals surface area contributed by atoms with Crippen molar-refractivity contribution in [1.82, 2.24) is 0 Å². The van der Waals surface area contributed by atoms with Crippen LogP contribution in [0.25, 0.3) is 0 Å². The third-order valence-electron chi connectivity index (χ3n) is 2.47. The minimum Gasteiger partial charge on any atom is -0.469 e. The van der Waals surface area contributed by atoms with Crippen molar-refractivity contribution in [2.75, 3.05) is 7.11 Å². The predicted molar refractivity (Wildman–Crippen MR) is 60.6 cm³/mol. The molecule has 0 heterocycles. The molecule has 2 nitrogen and oxygen atoms in total. The van der Waals surface area contributed by atoms with Gasteiger partial charge in [0.15, 0.2) is 0 Å². The molecule has 0 bridgehead atoms. The van der Waals surface area contributed by atoms with E-state index in [4.69, 9.17) is 4.74 Å². The summed E-state index contributed by atoms with van der Waals surface area (Å²) < 4.78 is 17.5. The summed E-state index contributed by atoms with van der Waals surface area (Å²) in [7, 11) is 1.37. The zero-order valence-corrected chi connectivity index (χ0v) is 9.87. The second-order valence-electron chi connectivity index (χ2n) is 4.26. The average molecular weight is 224 g/mol. The highest BCUT2D eigenvalue weighted by molar-refractivity contribution is 5.78. The summed E-state index contributed by atoms with van der Waals surface area (Å²) >= 11 is 0. The molecule has 0 amide bonds. The summed E-state index contributed by atoms with van der Waals surface area (Å²) in [6, 6.07) is 6.01. The molecular formula is C13H17FO2. The molecule has 0 aliphatic heterocycles. The van der Waals surface area contributed by atoms with E-state index in [9.17, 15) is 9.18 Å². The maximum Gasteiger partial charge on any atom is 0.313 e. The topological polar surface area (TPSA) is 26.3 Å². The summed E-state index contributed by atoms with van der Waals surface area (Å²) in [6.45, 7) is 4.08. The minimum absolute atomic E-state index is 0.264. The van der Waals surface area contributed by atoms with E-state index in [1.807, 2.05) is 13.8 Å². The van der Waals surface area contributed by atoms with Gasteiger partial charge in [0.25, 0.3) is 0 Å². The number of hydrogen-bond acceptors (Lipinski definition) is 2. The van der Waals surface area contributed by atoms with Crippen LogP contribution in [0.1, 0.15) is 31.7 Å². The number of ether oxygens (including phenoxy) is 1. The Kier molecular flexibility index (Phi) is 4.47. The van der Waals surface area contributed by atoms with Crippen LogP contribution in [0.3, 0.4) is 0 Å². The molecule has 0 N–H and O–H groups in total. The van der Waals surface area contributed by atoms with E-state index in [-0.39, 0.29) is 17.7 Å². The Labute approximate surface area is 95.4 Å². The average Bonchev–Trinajstić information content (AvgIpc) is 2.26. The molecule has 0 radical (unpaired) electrons. The van der Waals surface area contributed by atoms with Crippen LogP contribution in [0, 0.1) is 11.7 Å². The third-order valence-corrected chi connectivity index (χ3v) is 2.47. The van der Waals surface area contributed by atoms with Crippen molar-refractivity contribution >= 4 is 5.97 Å². The van der Waals surface area contributed by atoms with Crippen LogP contribution in [-0.2, 0) is 9.53 Å². The number of methoxy groups -OCH3 is 1. The van der Waals surface area contributed by atoms with Crippen molar-refractivity contribution in [3.63, 3.8) is 0 Å². The van der Waals surface area contributed by atoms with Gasteiger partial charge < -0.3 is 4.74 Å². The highest BCUT2D eigenvalue weighted by Gasteiger charge is 2.22. The Balaban J connectivity index is 2.91. The number of carbonyl (C=O) groups excluding carboxylic acids is 1. The van der Waals surface area contributed by atoms with Crippen molar-refractivity contribution in [3.8, 4) is 0 Å². The standard InChI is InChI=1S/C13H17FO2/c1-9(2)8-12(13(15)16-3)10-4-6-11(14)7-5-10/h4-7,9,12H,8H2,1-3H3. The largest absolute Gasteiger partial charge is 0.469 e. The molecule has 1 unspecified atom stereocenters. The summed E-state index contributed by atoms with van der Waals surface area (Å²) in [5, 5.41) is 0. The minimum atomic E-state index is -0.300. The molecule has 0 saturated heterocycles. The first-order valence-electron chi connectivity index (χ1n) is 5.38. The summed E-state index contributed by atoms with van der Waals surface area (Å²) in [4.78, 5) is 11.6. The quantitative estimate of drug-likeness (QED) is 0.734. The maximum absolute atomic E-state index is 12.8. The van der Waals surface area contributed by atoms with Crippen LogP contribution < -0.4 is 0 Å². The van der Waals surface area contributed by atoms with Crippen molar-refractivity contribution in [2.45, 2.75) is 26.2 Å². The highest BCUT2D eigenvalue weighted by Crippen LogP contribution is 2.25. The molecular weight excluding hydrogens is 207 g/mol. The fourth-order valence-electron chi connectivity index (χ4n) is 1.68. The molecule has 1 aromatic carbocycles. The van der Waals surface area contributed by atoms with Crippen molar-refractivity contribution in [3.05, 3.63) is 35.6 Å². The van der Waals surface area contributed by atoms with Crippen LogP contribution in [0.5, 0.6) is 0 Å². The third kappa shape index (κ3) is 3.33. The van der Waals surface area contributed by atoms with Crippen molar-refractivity contribution < 1.29 is 13.9 Å². The first-order valence-corrected chi connectivity index (χ1v) is 5.38. The number of halogens is 1. The molecule has 0 fully saturated rings. The molecule has 1 atom stereocenters. The molecule has 0 aliphatic rings. The number of carbonyl (C=O) groups is 1. The van der Waals surface area contributed by atoms with Crippen LogP contribution in [0.15, 0.2) is 24.3 Å². The van der Waals surface area contributed by atoms with Gasteiger partial charge in [-0.3, -0.25) is 4.79 Å². The Bertz CT molecular complexity index is 343. The number of benzene rings is 1. The number of esters is 1. The molecule has 0 aromatic heterocycles. The van der Waals surface area contributed by atoms with E-state index in [0.717, 1.165) is 5.56 Å². The maximum atomic E-state index is 12.8. The Hall–Kier alpha value is -1.38. The summed E-state index contributed by atoms with van der Waals surface area (Å²) in [5.74, 6) is -0.475. The van der Waals surface area contributed by atoms with E-state index >= 15 is 0 Å². The van der Waals surface area contributed by atoms with Gasteiger partial charge in [-0.05, 0) is 30.0 Å². The highest BCUT2D eigenvalue weighted by atomic mass is 19.1. The van der Waals surface area contributed by atoms with Gasteiger partial charge in [-0.2, -0.15) is 0 Å². The number of rotatable bonds is 4. The Morgan fingerprint density at radius 2 is 1.88 bits per heavy atom. The number of hydrogen-bond donors (Lipinski definition) is 0. The molecule has 0 saturated carbocycles. The normalized spacial score (nSPS) is 12.6. The van der Waals surface area contributed by atoms with Crippen LogP contribution >= 0.6 is 0 Å². The lowest BCUT2D eigenvalue weighted by atomic mass is 9.90. The van der Waals surface area contributed by atoms with Crippen LogP contribution in [0.4, 0.5) is 4.39 Å². The van der Waals surface area contributed by atoms with Gasteiger partial charge in [0, 0.05) is 0 Å². The summed E-state index contributed by atoms with van der Waals surface area (Å²) in [6.07, 6.45) is 0.707. The van der Waals surface area contributed by atoms with Crippen molar-refractivity contribution in [1.29, 1.82) is 0 Å². The van der Waals surface area contributed by atoms with E-state index in [1.54, 1.807) is 12.1 Å². The molecule has 88 valence electrons. The molecule has 0 spiro atoms. The van der Waals surface area contributed by atoms with Gasteiger partial charge in [0.05, 0.1) is 13.0 Å². The molecule has 1 aromatic rings. The van der Waals surface area contributed by atoms with E-state index in [2.05, 4.69) is 0 Å². The van der Waals surface area contributed by atoms with E-state index < -0.39 is 0 Å². The smallest absolute Gasteiger partial charge is 0.313 e. The molecule has 1 rings (SSSR count). The van der Waals surface area contributed by atoms with Gasteiger partial charge in [-0.15, -0.1) is 0 Å². The van der Waals surface area contributed by atoms with Gasteiger partial charge in [0.2, 0.25) is 0 Å². The fourth-order valence-corrected chi connectivity index (χ4v) is 1.68. The lowest BCUT2D eigenvalue weighted by Crippen LogP contribution is -2.16. The van der Waals surface area contributed by atoms with E-state index in [0.29, 0.717) is 12.3 Å². The Morgan fingerprint density at radius 1 is 1.31 bits per heavy atom. The zero-order chi connectivity index (χ0) is 12.1. The van der Waals surface area contributed by atoms with Crippen molar-refractivity contribution in [2.24, 2.45) is 5.92 Å². The van der Waals surface area contributed by atoms with Gasteiger partial charge in [-0.25, -0.2) is 4.39 Å². The fraction of sp³-hybridized carbons (Fsp3) is 0.462. The van der Waals surface area contributed by atoms with E-state index in [1.165, 1.54) is 19.2 Å². The first-order chi connectivity index (χ1) is 7.54. The second kappa shape index (κ2) is 5.64. The van der Waals surface area contributed by atoms with Gasteiger partial charge in [-0.1, -0.05) is 26.0 Å². The lowest BCUT2D eigenvalue weighted by Gasteiger charge is -2.16. The van der Waals surface area contributed by atoms with Gasteiger partial charge in [0.1, 0.15) is 5.82 Å². The lowest BCUT2D eigenvalue weighted by molar-refractivity contribution is -0.142. The van der Waals surface area contributed by atoms with Crippen LogP contribution in [0.2, 0.25) is 0 Å². The molecule has 0 aliphatic carbocycles. The molecule has 3 heteroatoms. The summed E-state index contributed by atoms with van der Waals surface area (Å²) in [5.41, 5.74) is 0.807. The SMILES string of the molecule is COC(=O)C(CC(C)C)c1ccc(F)cc1. The van der Waals surface area contributed by atoms with Crippen LogP contribution in [-0.4, -0.2) is 13.1 Å². The monoisotopic (exact) mass is 224 g/mol. The zero-order valence-electron chi connectivity index (χ0n) is 9.87. The Morgan fingerprint density at radius 3 is 2.31 bits per heavy atom.